The smallest absolute Gasteiger partial charge is 0.257 e. The third-order valence-electron chi connectivity index (χ3n) is 8.83. The molecule has 6 rings (SSSR count). The molecule has 0 radical (unpaired) electrons. The van der Waals surface area contributed by atoms with E-state index in [1.165, 1.54) is 19.3 Å². The van der Waals surface area contributed by atoms with Crippen LogP contribution in [0, 0.1) is 29.1 Å². The largest absolute Gasteiger partial charge is 0.392 e. The van der Waals surface area contributed by atoms with E-state index in [1.807, 2.05) is 54.6 Å². The summed E-state index contributed by atoms with van der Waals surface area (Å²) in [6.45, 7) is 2.60. The van der Waals surface area contributed by atoms with Gasteiger partial charge in [0, 0.05) is 25.1 Å². The van der Waals surface area contributed by atoms with Gasteiger partial charge in [0.25, 0.3) is 5.91 Å². The summed E-state index contributed by atoms with van der Waals surface area (Å²) in [5, 5.41) is 11.7. The summed E-state index contributed by atoms with van der Waals surface area (Å²) in [5.74, 6) is -12.5. The quantitative estimate of drug-likeness (QED) is 0.110. The zero-order valence-corrected chi connectivity index (χ0v) is 26.0. The number of nitrogens with zero attached hydrogens (tertiary/aromatic N) is 1. The fraction of sp³-hybridized carbons (Fsp3) is 0.324. The Labute approximate surface area is 275 Å². The van der Waals surface area contributed by atoms with Crippen LogP contribution in [0.5, 0.6) is 0 Å². The maximum absolute atomic E-state index is 14.1. The highest BCUT2D eigenvalue weighted by molar-refractivity contribution is 5.94. The summed E-state index contributed by atoms with van der Waals surface area (Å²) in [7, 11) is 0. The number of carbonyl (C=O) groups is 1. The maximum Gasteiger partial charge on any atom is 0.257 e. The molecule has 2 aliphatic heterocycles. The number of halogens is 5. The Bertz CT molecular complexity index is 1730. The minimum Gasteiger partial charge on any atom is -0.392 e. The summed E-state index contributed by atoms with van der Waals surface area (Å²) in [6.07, 6.45) is 3.31. The molecule has 0 aromatic heterocycles. The Morgan fingerprint density at radius 3 is 2.08 bits per heavy atom. The van der Waals surface area contributed by atoms with Crippen LogP contribution in [0.1, 0.15) is 70.7 Å². The van der Waals surface area contributed by atoms with E-state index in [4.69, 9.17) is 9.47 Å². The first-order chi connectivity index (χ1) is 23.2. The van der Waals surface area contributed by atoms with Crippen molar-refractivity contribution in [1.29, 1.82) is 0 Å². The van der Waals surface area contributed by atoms with Crippen molar-refractivity contribution in [3.8, 4) is 11.1 Å². The molecule has 3 atom stereocenters. The second kappa shape index (κ2) is 14.9. The molecule has 0 spiro atoms. The number of likely N-dealkylation sites (tertiary alicyclic amines) is 1. The molecule has 0 saturated carbocycles. The van der Waals surface area contributed by atoms with Crippen LogP contribution in [-0.4, -0.2) is 41.7 Å². The Morgan fingerprint density at radius 2 is 1.40 bits per heavy atom. The molecule has 4 aromatic carbocycles. The number of aliphatic hydroxyl groups excluding tert-OH is 1. The molecule has 0 aliphatic carbocycles. The van der Waals surface area contributed by atoms with Crippen LogP contribution < -0.4 is 5.32 Å². The van der Waals surface area contributed by atoms with E-state index in [9.17, 15) is 31.9 Å². The first kappa shape index (κ1) is 33.7. The number of aliphatic hydroxyl groups is 1. The number of hydrogen-bond acceptors (Lipinski definition) is 5. The maximum atomic E-state index is 14.1. The lowest BCUT2D eigenvalue weighted by Gasteiger charge is -2.39. The van der Waals surface area contributed by atoms with Crippen molar-refractivity contribution < 1.29 is 41.3 Å². The predicted molar refractivity (Wildman–Crippen MR) is 168 cm³/mol. The monoisotopic (exact) mass is 666 g/mol. The van der Waals surface area contributed by atoms with Crippen LogP contribution in [0.4, 0.5) is 22.0 Å². The first-order valence-corrected chi connectivity index (χ1v) is 15.9. The molecule has 6 nitrogen and oxygen atoms in total. The van der Waals surface area contributed by atoms with Crippen LogP contribution in [0.15, 0.2) is 72.8 Å². The molecule has 2 heterocycles. The van der Waals surface area contributed by atoms with Crippen LogP contribution in [-0.2, 0) is 22.6 Å². The molecular weight excluding hydrogens is 631 g/mol. The van der Waals surface area contributed by atoms with Gasteiger partial charge in [-0.25, -0.2) is 22.0 Å². The molecule has 2 saturated heterocycles. The second-order valence-corrected chi connectivity index (χ2v) is 12.2. The Morgan fingerprint density at radius 1 is 0.750 bits per heavy atom. The van der Waals surface area contributed by atoms with E-state index in [-0.39, 0.29) is 25.4 Å². The summed E-state index contributed by atoms with van der Waals surface area (Å²) >= 11 is 0. The number of rotatable bonds is 9. The highest BCUT2D eigenvalue weighted by Crippen LogP contribution is 2.39. The van der Waals surface area contributed by atoms with Gasteiger partial charge >= 0.3 is 0 Å². The van der Waals surface area contributed by atoms with E-state index in [0.717, 1.165) is 47.5 Å². The number of nitrogens with one attached hydrogen (secondary N) is 1. The molecule has 0 bridgehead atoms. The molecule has 2 N–H and O–H groups in total. The topological polar surface area (TPSA) is 71.0 Å². The number of benzene rings is 4. The van der Waals surface area contributed by atoms with E-state index in [0.29, 0.717) is 12.0 Å². The second-order valence-electron chi connectivity index (χ2n) is 12.2. The highest BCUT2D eigenvalue weighted by atomic mass is 19.2. The lowest BCUT2D eigenvalue weighted by Crippen LogP contribution is -2.41. The van der Waals surface area contributed by atoms with Gasteiger partial charge < -0.3 is 24.8 Å². The number of piperidine rings is 1. The van der Waals surface area contributed by atoms with Gasteiger partial charge in [-0.3, -0.25) is 4.79 Å². The van der Waals surface area contributed by atoms with Crippen molar-refractivity contribution in [3.63, 3.8) is 0 Å². The van der Waals surface area contributed by atoms with Crippen molar-refractivity contribution in [3.05, 3.63) is 130 Å². The molecule has 11 heteroatoms. The van der Waals surface area contributed by atoms with Gasteiger partial charge in [-0.15, -0.1) is 0 Å². The molecule has 2 fully saturated rings. The fourth-order valence-corrected chi connectivity index (χ4v) is 6.26. The standard InChI is InChI=1S/C37H35F5N2O4/c38-31-30(32(39)34(41)35(42)33(31)40)36(46)43-19-23-6-4-7-25(16-23)26-8-5-9-27(17-26)37-47-28(20-44-14-2-1-3-15-44)18-29(48-37)24-12-10-22(21-45)11-13-24/h4-13,16-17,28-29,37,45H,1-3,14-15,18-21H2,(H,43,46)/t28-,29+,37+/m0/s1. The number of hydrogen-bond donors (Lipinski definition) is 2. The minimum absolute atomic E-state index is 0.0409. The van der Waals surface area contributed by atoms with Crippen molar-refractivity contribution in [2.75, 3.05) is 19.6 Å². The third-order valence-corrected chi connectivity index (χ3v) is 8.83. The van der Waals surface area contributed by atoms with E-state index >= 15 is 0 Å². The van der Waals surface area contributed by atoms with Gasteiger partial charge in [0.05, 0.1) is 18.8 Å². The molecule has 252 valence electrons. The van der Waals surface area contributed by atoms with Gasteiger partial charge in [0.2, 0.25) is 5.82 Å². The SMILES string of the molecule is O=C(NCc1cccc(-c2cccc([C@@H]3O[C@H](CN4CCCCC4)C[C@H](c4ccc(CO)cc4)O3)c2)c1)c1c(F)c(F)c(F)c(F)c1F. The van der Waals surface area contributed by atoms with E-state index in [2.05, 4.69) is 10.2 Å². The molecule has 2 aliphatic rings. The van der Waals surface area contributed by atoms with Crippen LogP contribution in [0.3, 0.4) is 0 Å². The zero-order chi connectivity index (χ0) is 33.8. The lowest BCUT2D eigenvalue weighted by molar-refractivity contribution is -0.253. The van der Waals surface area contributed by atoms with E-state index < -0.39 is 46.8 Å². The Balaban J connectivity index is 1.20. The van der Waals surface area contributed by atoms with Crippen LogP contribution in [0.25, 0.3) is 11.1 Å². The van der Waals surface area contributed by atoms with Gasteiger partial charge in [-0.2, -0.15) is 0 Å². The van der Waals surface area contributed by atoms with Crippen molar-refractivity contribution >= 4 is 5.91 Å². The average Bonchev–Trinajstić information content (AvgIpc) is 3.13. The Kier molecular flexibility index (Phi) is 10.5. The molecule has 0 unspecified atom stereocenters. The molecule has 4 aromatic rings. The Hall–Kier alpha value is -4.16. The van der Waals surface area contributed by atoms with Gasteiger partial charge in [-0.05, 0) is 65.9 Å². The minimum atomic E-state index is -2.33. The fourth-order valence-electron chi connectivity index (χ4n) is 6.26. The summed E-state index contributed by atoms with van der Waals surface area (Å²) in [4.78, 5) is 14.9. The lowest BCUT2D eigenvalue weighted by atomic mass is 9.98. The van der Waals surface area contributed by atoms with Gasteiger partial charge in [0.15, 0.2) is 29.6 Å². The van der Waals surface area contributed by atoms with Gasteiger partial charge in [-0.1, -0.05) is 67.1 Å². The van der Waals surface area contributed by atoms with Gasteiger partial charge in [0.1, 0.15) is 5.56 Å². The molecular formula is C37H35F5N2O4. The molecule has 1 amide bonds. The van der Waals surface area contributed by atoms with Crippen LogP contribution in [0.2, 0.25) is 0 Å². The normalized spacial score (nSPS) is 20.1. The average molecular weight is 667 g/mol. The first-order valence-electron chi connectivity index (χ1n) is 15.9. The van der Waals surface area contributed by atoms with Crippen molar-refractivity contribution in [2.45, 2.75) is 57.3 Å². The number of ether oxygens (including phenoxy) is 2. The summed E-state index contributed by atoms with van der Waals surface area (Å²) in [5.41, 5.74) is 3.20. The van der Waals surface area contributed by atoms with Crippen molar-refractivity contribution in [1.82, 2.24) is 10.2 Å². The molecule has 48 heavy (non-hydrogen) atoms. The van der Waals surface area contributed by atoms with Crippen molar-refractivity contribution in [2.24, 2.45) is 0 Å². The predicted octanol–water partition coefficient (Wildman–Crippen LogP) is 7.50. The highest BCUT2D eigenvalue weighted by Gasteiger charge is 2.34. The number of amides is 1. The summed E-state index contributed by atoms with van der Waals surface area (Å²) in [6, 6.07) is 22.4. The number of carbonyl (C=O) groups excluding carboxylic acids is 1. The third kappa shape index (κ3) is 7.44. The zero-order valence-electron chi connectivity index (χ0n) is 26.0. The summed E-state index contributed by atoms with van der Waals surface area (Å²) < 4.78 is 82.0. The van der Waals surface area contributed by atoms with E-state index in [1.54, 1.807) is 18.2 Å². The van der Waals surface area contributed by atoms with Crippen LogP contribution >= 0.6 is 0 Å².